The second kappa shape index (κ2) is 6.46. The van der Waals surface area contributed by atoms with Crippen molar-refractivity contribution in [1.29, 1.82) is 0 Å². The first-order valence-corrected chi connectivity index (χ1v) is 4.21. The normalized spacial score (nSPS) is 18.7. The van der Waals surface area contributed by atoms with Crippen LogP contribution in [-0.2, 0) is 14.3 Å². The first kappa shape index (κ1) is 14.0. The number of aldehydes is 1. The maximum Gasteiger partial charge on any atom is 0.303 e. The average Bonchev–Trinajstić information content (AvgIpc) is 2.22. The van der Waals surface area contributed by atoms with E-state index in [1.807, 2.05) is 0 Å². The van der Waals surface area contributed by atoms with Crippen LogP contribution in [0.15, 0.2) is 0 Å². The number of aliphatic hydroxyl groups is 4. The van der Waals surface area contributed by atoms with E-state index >= 15 is 0 Å². The van der Waals surface area contributed by atoms with E-state index in [1.54, 1.807) is 0 Å². The van der Waals surface area contributed by atoms with Crippen molar-refractivity contribution in [2.75, 3.05) is 6.61 Å². The van der Waals surface area contributed by atoms with E-state index in [1.165, 1.54) is 0 Å². The smallest absolute Gasteiger partial charge is 0.303 e. The number of hydrogen-bond acceptors (Lipinski definition) is 7. The first-order valence-electron chi connectivity index (χ1n) is 4.21. The van der Waals surface area contributed by atoms with Gasteiger partial charge in [0, 0.05) is 6.92 Å². The Labute approximate surface area is 85.9 Å². The molecule has 0 aromatic rings. The number of rotatable bonds is 6. The van der Waals surface area contributed by atoms with E-state index in [4.69, 9.17) is 15.3 Å². The molecule has 0 spiro atoms. The molecular formula is C8H14O7. The molecule has 0 bridgehead atoms. The zero-order chi connectivity index (χ0) is 12.0. The highest BCUT2D eigenvalue weighted by Gasteiger charge is 2.34. The number of aliphatic hydroxyl groups excluding tert-OH is 4. The minimum absolute atomic E-state index is 0.0330. The summed E-state index contributed by atoms with van der Waals surface area (Å²) >= 11 is 0. The standard InChI is InChI=1S/C8H14O7/c1-4(11)15-8(6(13)3-10)7(14)5(12)2-9/h2,5-8,10,12-14H,3H2,1H3/t5-,6+,7+,8+/m0/s1. The van der Waals surface area contributed by atoms with E-state index in [-0.39, 0.29) is 6.29 Å². The van der Waals surface area contributed by atoms with Crippen LogP contribution in [0.1, 0.15) is 6.92 Å². The lowest BCUT2D eigenvalue weighted by Gasteiger charge is -2.26. The molecule has 0 saturated carbocycles. The molecule has 0 aliphatic heterocycles. The minimum atomic E-state index is -1.80. The SMILES string of the molecule is CC(=O)O[C@@H]([C@H](O)[C@@H](O)C=O)[C@H](O)CO. The topological polar surface area (TPSA) is 124 Å². The van der Waals surface area contributed by atoms with Crippen LogP contribution in [0.5, 0.6) is 0 Å². The lowest BCUT2D eigenvalue weighted by Crippen LogP contribution is -2.48. The van der Waals surface area contributed by atoms with Gasteiger partial charge in [-0.25, -0.2) is 0 Å². The van der Waals surface area contributed by atoms with Crippen LogP contribution in [0.2, 0.25) is 0 Å². The van der Waals surface area contributed by atoms with E-state index < -0.39 is 37.0 Å². The maximum atomic E-state index is 10.6. The molecule has 0 aliphatic carbocycles. The predicted molar refractivity (Wildman–Crippen MR) is 46.7 cm³/mol. The second-order valence-electron chi connectivity index (χ2n) is 2.94. The summed E-state index contributed by atoms with van der Waals surface area (Å²) in [5.41, 5.74) is 0. The molecule has 0 aliphatic rings. The van der Waals surface area contributed by atoms with Gasteiger partial charge in [-0.2, -0.15) is 0 Å². The molecule has 0 unspecified atom stereocenters. The molecule has 88 valence electrons. The molecule has 15 heavy (non-hydrogen) atoms. The molecule has 0 amide bonds. The molecule has 0 saturated heterocycles. The molecule has 0 radical (unpaired) electrons. The van der Waals surface area contributed by atoms with Crippen molar-refractivity contribution in [3.63, 3.8) is 0 Å². The Morgan fingerprint density at radius 3 is 2.27 bits per heavy atom. The minimum Gasteiger partial charge on any atom is -0.457 e. The van der Waals surface area contributed by atoms with Gasteiger partial charge in [-0.15, -0.1) is 0 Å². The summed E-state index contributed by atoms with van der Waals surface area (Å²) in [6, 6.07) is 0. The fourth-order valence-corrected chi connectivity index (χ4v) is 0.946. The first-order chi connectivity index (χ1) is 6.93. The Kier molecular flexibility index (Phi) is 6.02. The van der Waals surface area contributed by atoms with Crippen LogP contribution in [-0.4, -0.2) is 63.7 Å². The van der Waals surface area contributed by atoms with Crippen molar-refractivity contribution in [1.82, 2.24) is 0 Å². The average molecular weight is 222 g/mol. The van der Waals surface area contributed by atoms with Crippen LogP contribution in [0.25, 0.3) is 0 Å². The van der Waals surface area contributed by atoms with Gasteiger partial charge in [-0.05, 0) is 0 Å². The summed E-state index contributed by atoms with van der Waals surface area (Å²) in [7, 11) is 0. The van der Waals surface area contributed by atoms with Gasteiger partial charge in [-0.3, -0.25) is 4.79 Å². The molecule has 4 atom stereocenters. The Hall–Kier alpha value is -1.02. The quantitative estimate of drug-likeness (QED) is 0.282. The monoisotopic (exact) mass is 222 g/mol. The summed E-state index contributed by atoms with van der Waals surface area (Å²) in [6.07, 6.45) is -6.67. The Morgan fingerprint density at radius 2 is 1.93 bits per heavy atom. The summed E-state index contributed by atoms with van der Waals surface area (Å²) in [5, 5.41) is 36.0. The zero-order valence-electron chi connectivity index (χ0n) is 8.11. The van der Waals surface area contributed by atoms with Crippen LogP contribution < -0.4 is 0 Å². The highest BCUT2D eigenvalue weighted by molar-refractivity contribution is 5.66. The lowest BCUT2D eigenvalue weighted by molar-refractivity contribution is -0.173. The summed E-state index contributed by atoms with van der Waals surface area (Å²) < 4.78 is 4.47. The Balaban J connectivity index is 4.60. The van der Waals surface area contributed by atoms with Gasteiger partial charge in [0.2, 0.25) is 0 Å². The van der Waals surface area contributed by atoms with Crippen LogP contribution >= 0.6 is 0 Å². The fourth-order valence-electron chi connectivity index (χ4n) is 0.946. The van der Waals surface area contributed by atoms with Gasteiger partial charge >= 0.3 is 5.97 Å². The molecule has 4 N–H and O–H groups in total. The van der Waals surface area contributed by atoms with Crippen molar-refractivity contribution in [3.05, 3.63) is 0 Å². The molecule has 0 rings (SSSR count). The van der Waals surface area contributed by atoms with Crippen molar-refractivity contribution < 1.29 is 34.8 Å². The van der Waals surface area contributed by atoms with Crippen molar-refractivity contribution in [2.45, 2.75) is 31.3 Å². The number of hydrogen-bond donors (Lipinski definition) is 4. The summed E-state index contributed by atoms with van der Waals surface area (Å²) in [5.74, 6) is -0.815. The van der Waals surface area contributed by atoms with Crippen molar-refractivity contribution >= 4 is 12.3 Å². The third kappa shape index (κ3) is 4.34. The zero-order valence-corrected chi connectivity index (χ0v) is 8.11. The largest absolute Gasteiger partial charge is 0.457 e. The Bertz CT molecular complexity index is 217. The van der Waals surface area contributed by atoms with E-state index in [0.717, 1.165) is 6.92 Å². The number of carbonyl (C=O) groups is 2. The van der Waals surface area contributed by atoms with Gasteiger partial charge in [0.05, 0.1) is 6.61 Å². The predicted octanol–water partition coefficient (Wildman–Crippen LogP) is -2.81. The molecule has 0 fully saturated rings. The van der Waals surface area contributed by atoms with Crippen LogP contribution in [0, 0.1) is 0 Å². The van der Waals surface area contributed by atoms with Gasteiger partial charge in [-0.1, -0.05) is 0 Å². The van der Waals surface area contributed by atoms with Gasteiger partial charge in [0.15, 0.2) is 12.4 Å². The van der Waals surface area contributed by atoms with Crippen molar-refractivity contribution in [2.24, 2.45) is 0 Å². The van der Waals surface area contributed by atoms with E-state index in [9.17, 15) is 14.7 Å². The summed E-state index contributed by atoms with van der Waals surface area (Å²) in [4.78, 5) is 20.7. The lowest BCUT2D eigenvalue weighted by atomic mass is 10.0. The van der Waals surface area contributed by atoms with E-state index in [0.29, 0.717) is 0 Å². The van der Waals surface area contributed by atoms with E-state index in [2.05, 4.69) is 4.74 Å². The highest BCUT2D eigenvalue weighted by Crippen LogP contribution is 2.09. The van der Waals surface area contributed by atoms with Gasteiger partial charge in [0.1, 0.15) is 18.3 Å². The molecular weight excluding hydrogens is 208 g/mol. The van der Waals surface area contributed by atoms with Crippen LogP contribution in [0.3, 0.4) is 0 Å². The molecule has 7 nitrogen and oxygen atoms in total. The number of carbonyl (C=O) groups excluding carboxylic acids is 2. The maximum absolute atomic E-state index is 10.6. The third-order valence-corrected chi connectivity index (χ3v) is 1.69. The van der Waals surface area contributed by atoms with Crippen molar-refractivity contribution in [3.8, 4) is 0 Å². The third-order valence-electron chi connectivity index (χ3n) is 1.69. The van der Waals surface area contributed by atoms with Gasteiger partial charge in [0.25, 0.3) is 0 Å². The highest BCUT2D eigenvalue weighted by atomic mass is 16.6. The van der Waals surface area contributed by atoms with Gasteiger partial charge < -0.3 is 30.0 Å². The number of esters is 1. The Morgan fingerprint density at radius 1 is 1.40 bits per heavy atom. The summed E-state index contributed by atoms with van der Waals surface area (Å²) in [6.45, 7) is 0.248. The molecule has 0 aromatic heterocycles. The number of ether oxygens (including phenoxy) is 1. The second-order valence-corrected chi connectivity index (χ2v) is 2.94. The molecule has 0 aromatic carbocycles. The fraction of sp³-hybridized carbons (Fsp3) is 0.750. The molecule has 7 heteroatoms. The van der Waals surface area contributed by atoms with Crippen LogP contribution in [0.4, 0.5) is 0 Å². The molecule has 0 heterocycles.